The fourth-order valence-corrected chi connectivity index (χ4v) is 2.94. The number of ether oxygens (including phenoxy) is 1. The van der Waals surface area contributed by atoms with Gasteiger partial charge in [0.05, 0.1) is 23.9 Å². The van der Waals surface area contributed by atoms with Gasteiger partial charge in [0, 0.05) is 30.3 Å². The molecular weight excluding hydrogens is 394 g/mol. The Balaban J connectivity index is 1.50. The normalized spacial score (nSPS) is 10.4. The summed E-state index contributed by atoms with van der Waals surface area (Å²) in [7, 11) is 1.56. The molecule has 0 aliphatic heterocycles. The summed E-state index contributed by atoms with van der Waals surface area (Å²) < 4.78 is 6.78. The maximum Gasteiger partial charge on any atom is 0.257 e. The third kappa shape index (κ3) is 4.59. The number of aromatic nitrogens is 3. The molecule has 0 spiro atoms. The van der Waals surface area contributed by atoms with Gasteiger partial charge in [0.1, 0.15) is 5.75 Å². The third-order valence-electron chi connectivity index (χ3n) is 4.50. The van der Waals surface area contributed by atoms with E-state index in [4.69, 9.17) is 4.74 Å². The van der Waals surface area contributed by atoms with Crippen molar-refractivity contribution in [2.75, 3.05) is 17.7 Å². The van der Waals surface area contributed by atoms with Crippen molar-refractivity contribution in [3.05, 3.63) is 96.4 Å². The monoisotopic (exact) mass is 413 g/mol. The van der Waals surface area contributed by atoms with Gasteiger partial charge in [-0.1, -0.05) is 18.2 Å². The zero-order chi connectivity index (χ0) is 21.6. The zero-order valence-corrected chi connectivity index (χ0v) is 16.6. The average molecular weight is 413 g/mol. The highest BCUT2D eigenvalue weighted by atomic mass is 16.5. The molecule has 0 atom stereocenters. The Hall–Kier alpha value is -4.46. The number of benzene rings is 2. The fourth-order valence-electron chi connectivity index (χ4n) is 2.94. The highest BCUT2D eigenvalue weighted by Gasteiger charge is 2.15. The number of nitrogens with one attached hydrogen (secondary N) is 2. The van der Waals surface area contributed by atoms with Crippen molar-refractivity contribution < 1.29 is 14.3 Å². The van der Waals surface area contributed by atoms with Crippen LogP contribution in [0.4, 0.5) is 11.4 Å². The number of rotatable bonds is 6. The molecule has 2 N–H and O–H groups in total. The first-order chi connectivity index (χ1) is 15.1. The molecule has 0 saturated heterocycles. The van der Waals surface area contributed by atoms with Gasteiger partial charge in [0.25, 0.3) is 11.8 Å². The van der Waals surface area contributed by atoms with Gasteiger partial charge in [-0.25, -0.2) is 9.67 Å². The summed E-state index contributed by atoms with van der Waals surface area (Å²) >= 11 is 0. The van der Waals surface area contributed by atoms with Crippen LogP contribution in [0.15, 0.2) is 85.3 Å². The molecule has 154 valence electrons. The van der Waals surface area contributed by atoms with E-state index in [1.807, 2.05) is 0 Å². The summed E-state index contributed by atoms with van der Waals surface area (Å²) in [6, 6.07) is 19.0. The number of amides is 2. The Morgan fingerprint density at radius 3 is 2.55 bits per heavy atom. The molecule has 0 fully saturated rings. The predicted octanol–water partition coefficient (Wildman–Crippen LogP) is 3.78. The van der Waals surface area contributed by atoms with Crippen LogP contribution in [0, 0.1) is 0 Å². The van der Waals surface area contributed by atoms with Gasteiger partial charge >= 0.3 is 0 Å². The van der Waals surface area contributed by atoms with Crippen LogP contribution in [-0.4, -0.2) is 33.7 Å². The maximum atomic E-state index is 12.8. The number of hydrogen-bond donors (Lipinski definition) is 2. The molecule has 0 aliphatic rings. The first-order valence-corrected chi connectivity index (χ1v) is 9.46. The summed E-state index contributed by atoms with van der Waals surface area (Å²) in [5, 5.41) is 9.71. The average Bonchev–Trinajstić information content (AvgIpc) is 3.34. The van der Waals surface area contributed by atoms with Crippen LogP contribution in [0.5, 0.6) is 5.75 Å². The van der Waals surface area contributed by atoms with Crippen LogP contribution in [0.25, 0.3) is 5.82 Å². The van der Waals surface area contributed by atoms with Crippen LogP contribution in [0.2, 0.25) is 0 Å². The molecule has 0 unspecified atom stereocenters. The minimum absolute atomic E-state index is 0.333. The maximum absolute atomic E-state index is 12.8. The Bertz CT molecular complexity index is 1200. The lowest BCUT2D eigenvalue weighted by atomic mass is 10.1. The van der Waals surface area contributed by atoms with Crippen LogP contribution >= 0.6 is 0 Å². The topological polar surface area (TPSA) is 98.1 Å². The number of para-hydroxylation sites is 1. The molecule has 0 aliphatic carbocycles. The first kappa shape index (κ1) is 19.8. The first-order valence-electron chi connectivity index (χ1n) is 9.46. The molecule has 2 heterocycles. The van der Waals surface area contributed by atoms with Gasteiger partial charge in [-0.3, -0.25) is 9.59 Å². The van der Waals surface area contributed by atoms with Crippen molar-refractivity contribution in [2.24, 2.45) is 0 Å². The Morgan fingerprint density at radius 2 is 1.81 bits per heavy atom. The third-order valence-corrected chi connectivity index (χ3v) is 4.50. The van der Waals surface area contributed by atoms with E-state index >= 15 is 0 Å². The van der Waals surface area contributed by atoms with Crippen molar-refractivity contribution in [1.82, 2.24) is 14.8 Å². The van der Waals surface area contributed by atoms with Crippen LogP contribution in [-0.2, 0) is 0 Å². The number of nitrogens with zero attached hydrogens (tertiary/aromatic N) is 3. The highest BCUT2D eigenvalue weighted by molar-refractivity contribution is 6.12. The summed E-state index contributed by atoms with van der Waals surface area (Å²) in [5.74, 6) is 0.502. The minimum Gasteiger partial charge on any atom is -0.497 e. The molecule has 0 saturated carbocycles. The van der Waals surface area contributed by atoms with E-state index in [1.165, 1.54) is 6.20 Å². The second kappa shape index (κ2) is 8.91. The number of pyridine rings is 1. The van der Waals surface area contributed by atoms with Crippen molar-refractivity contribution in [3.8, 4) is 11.6 Å². The fraction of sp³-hybridized carbons (Fsp3) is 0.0435. The zero-order valence-electron chi connectivity index (χ0n) is 16.6. The van der Waals surface area contributed by atoms with E-state index in [9.17, 15) is 9.59 Å². The number of hydrogen-bond acceptors (Lipinski definition) is 5. The van der Waals surface area contributed by atoms with E-state index in [1.54, 1.807) is 90.9 Å². The van der Waals surface area contributed by atoms with Crippen molar-refractivity contribution in [3.63, 3.8) is 0 Å². The summed E-state index contributed by atoms with van der Waals surface area (Å²) in [4.78, 5) is 29.8. The standard InChI is InChI=1S/C23H19N5O3/c1-31-18-7-4-6-17(14-18)26-23(30)19-8-2-3-9-20(19)27-22(29)16-10-11-21(24-15-16)28-13-5-12-25-28/h2-15H,1H3,(H,26,30)(H,27,29). The van der Waals surface area contributed by atoms with Gasteiger partial charge in [-0.05, 0) is 42.5 Å². The molecule has 0 bridgehead atoms. The Labute approximate surface area is 178 Å². The number of carbonyl (C=O) groups is 2. The smallest absolute Gasteiger partial charge is 0.257 e. The molecule has 8 nitrogen and oxygen atoms in total. The van der Waals surface area contributed by atoms with Gasteiger partial charge < -0.3 is 15.4 Å². The van der Waals surface area contributed by atoms with Gasteiger partial charge in [0.2, 0.25) is 0 Å². The van der Waals surface area contributed by atoms with E-state index in [0.29, 0.717) is 34.1 Å². The predicted molar refractivity (Wildman–Crippen MR) is 117 cm³/mol. The largest absolute Gasteiger partial charge is 0.497 e. The quantitative estimate of drug-likeness (QED) is 0.501. The molecule has 4 aromatic rings. The van der Waals surface area contributed by atoms with E-state index < -0.39 is 0 Å². The van der Waals surface area contributed by atoms with Crippen LogP contribution < -0.4 is 15.4 Å². The Kier molecular flexibility index (Phi) is 5.70. The lowest BCUT2D eigenvalue weighted by Crippen LogP contribution is -2.18. The van der Waals surface area contributed by atoms with E-state index in [-0.39, 0.29) is 11.8 Å². The number of methoxy groups -OCH3 is 1. The molecule has 2 aromatic carbocycles. The molecule has 2 amide bonds. The number of carbonyl (C=O) groups excluding carboxylic acids is 2. The number of anilines is 2. The van der Waals surface area contributed by atoms with E-state index in [0.717, 1.165) is 0 Å². The van der Waals surface area contributed by atoms with Crippen molar-refractivity contribution in [2.45, 2.75) is 0 Å². The second-order valence-electron chi connectivity index (χ2n) is 6.54. The molecule has 31 heavy (non-hydrogen) atoms. The second-order valence-corrected chi connectivity index (χ2v) is 6.54. The van der Waals surface area contributed by atoms with Gasteiger partial charge in [-0.15, -0.1) is 0 Å². The molecule has 0 radical (unpaired) electrons. The molecule has 2 aromatic heterocycles. The van der Waals surface area contributed by atoms with E-state index in [2.05, 4.69) is 20.7 Å². The van der Waals surface area contributed by atoms with Crippen LogP contribution in [0.1, 0.15) is 20.7 Å². The Morgan fingerprint density at radius 1 is 0.935 bits per heavy atom. The molecule has 8 heteroatoms. The molecule has 4 rings (SSSR count). The highest BCUT2D eigenvalue weighted by Crippen LogP contribution is 2.21. The van der Waals surface area contributed by atoms with Gasteiger partial charge in [-0.2, -0.15) is 5.10 Å². The van der Waals surface area contributed by atoms with Crippen molar-refractivity contribution >= 4 is 23.2 Å². The summed E-state index contributed by atoms with van der Waals surface area (Å²) in [5.41, 5.74) is 1.67. The van der Waals surface area contributed by atoms with Crippen LogP contribution in [0.3, 0.4) is 0 Å². The molecular formula is C23H19N5O3. The van der Waals surface area contributed by atoms with Gasteiger partial charge in [0.15, 0.2) is 5.82 Å². The summed E-state index contributed by atoms with van der Waals surface area (Å²) in [6.07, 6.45) is 4.88. The minimum atomic E-state index is -0.374. The summed E-state index contributed by atoms with van der Waals surface area (Å²) in [6.45, 7) is 0. The SMILES string of the molecule is COc1cccc(NC(=O)c2ccccc2NC(=O)c2ccc(-n3cccn3)nc2)c1. The lowest BCUT2D eigenvalue weighted by Gasteiger charge is -2.12. The van der Waals surface area contributed by atoms with Crippen molar-refractivity contribution in [1.29, 1.82) is 0 Å². The lowest BCUT2D eigenvalue weighted by molar-refractivity contribution is 0.102.